The quantitative estimate of drug-likeness (QED) is 0.186. The summed E-state index contributed by atoms with van der Waals surface area (Å²) in [6, 6.07) is 10.1. The fourth-order valence-electron chi connectivity index (χ4n) is 4.18. The molecule has 41 heavy (non-hydrogen) atoms. The van der Waals surface area contributed by atoms with Crippen LogP contribution in [0.5, 0.6) is 0 Å². The zero-order chi connectivity index (χ0) is 29.5. The second-order valence-corrected chi connectivity index (χ2v) is 9.39. The number of anilines is 2. The first-order valence-electron chi connectivity index (χ1n) is 12.7. The number of carbonyl (C=O) groups is 8. The van der Waals surface area contributed by atoms with E-state index < -0.39 is 65.8 Å². The minimum absolute atomic E-state index is 0.106. The zero-order valence-electron chi connectivity index (χ0n) is 21.6. The lowest BCUT2D eigenvalue weighted by atomic mass is 10.1. The van der Waals surface area contributed by atoms with Crippen LogP contribution in [0.3, 0.4) is 0 Å². The van der Waals surface area contributed by atoms with Crippen molar-refractivity contribution >= 4 is 58.6 Å². The average Bonchev–Trinajstić information content (AvgIpc) is 2.92. The van der Waals surface area contributed by atoms with Crippen LogP contribution in [0.2, 0.25) is 0 Å². The summed E-state index contributed by atoms with van der Waals surface area (Å²) in [4.78, 5) is 96.4. The van der Waals surface area contributed by atoms with E-state index in [2.05, 4.69) is 31.9 Å². The van der Waals surface area contributed by atoms with Crippen molar-refractivity contribution in [1.29, 1.82) is 0 Å². The van der Waals surface area contributed by atoms with Gasteiger partial charge >= 0.3 is 0 Å². The summed E-state index contributed by atoms with van der Waals surface area (Å²) < 4.78 is 0. The molecular weight excluding hydrogens is 536 g/mol. The summed E-state index contributed by atoms with van der Waals surface area (Å²) in [5.74, 6) is -4.48. The molecule has 2 aromatic rings. The third-order valence-electron chi connectivity index (χ3n) is 6.23. The van der Waals surface area contributed by atoms with Crippen molar-refractivity contribution in [2.24, 2.45) is 0 Å². The lowest BCUT2D eigenvalue weighted by Crippen LogP contribution is -2.52. The lowest BCUT2D eigenvalue weighted by molar-refractivity contribution is -0.136. The molecular formula is C27H26N6O8. The molecule has 8 amide bonds. The maximum Gasteiger partial charge on any atom is 0.252 e. The predicted octanol–water partition coefficient (Wildman–Crippen LogP) is -0.276. The van der Waals surface area contributed by atoms with Gasteiger partial charge in [-0.25, -0.2) is 0 Å². The minimum atomic E-state index is -0.857. The third kappa shape index (κ3) is 7.81. The Bertz CT molecular complexity index is 1350. The first-order chi connectivity index (χ1) is 19.6. The van der Waals surface area contributed by atoms with E-state index in [1.54, 1.807) is 0 Å². The molecule has 2 aliphatic rings. The highest BCUT2D eigenvalue weighted by atomic mass is 16.2. The Morgan fingerprint density at radius 3 is 1.46 bits per heavy atom. The van der Waals surface area contributed by atoms with Gasteiger partial charge in [0, 0.05) is 35.3 Å². The Morgan fingerprint density at radius 1 is 0.659 bits per heavy atom. The van der Waals surface area contributed by atoms with E-state index in [1.165, 1.54) is 48.5 Å². The number of nitrogens with one attached hydrogen (secondary N) is 6. The summed E-state index contributed by atoms with van der Waals surface area (Å²) >= 11 is 0. The van der Waals surface area contributed by atoms with E-state index in [1.807, 2.05) is 0 Å². The molecule has 4 rings (SSSR count). The molecule has 2 atom stereocenters. The topological polar surface area (TPSA) is 209 Å². The fraction of sp³-hybridized carbons (Fsp3) is 0.259. The number of piperidine rings is 2. The maximum absolute atomic E-state index is 12.6. The Hall–Kier alpha value is -5.40. The number of imide groups is 2. The SMILES string of the molecule is O=C1CCC(NC(=O)c2cccc(NC(=O)CC(=O)Nc3cccc(C(=O)NC4CCC(=O)NC4=O)c3)c2)C(=O)N1. The molecule has 0 aliphatic carbocycles. The summed E-state index contributed by atoms with van der Waals surface area (Å²) in [5.41, 5.74) is 0.797. The van der Waals surface area contributed by atoms with Crippen molar-refractivity contribution in [2.75, 3.05) is 10.6 Å². The molecule has 0 saturated carbocycles. The largest absolute Gasteiger partial charge is 0.340 e. The highest BCUT2D eigenvalue weighted by Gasteiger charge is 2.29. The van der Waals surface area contributed by atoms with Crippen molar-refractivity contribution in [3.63, 3.8) is 0 Å². The highest BCUT2D eigenvalue weighted by molar-refractivity contribution is 6.09. The standard InChI is InChI=1S/C27H26N6O8/c34-20-9-7-18(26(40)32-20)30-24(38)14-3-1-5-16(11-14)28-22(36)13-23(37)29-17-6-2-4-15(12-17)25(39)31-19-8-10-21(35)33-27(19)41/h1-6,11-12,18-19H,7-10,13H2,(H,28,36)(H,29,37)(H,30,38)(H,31,39)(H,32,34,40)(H,33,35,41). The molecule has 2 heterocycles. The smallest absolute Gasteiger partial charge is 0.252 e. The molecule has 0 bridgehead atoms. The zero-order valence-corrected chi connectivity index (χ0v) is 21.6. The van der Waals surface area contributed by atoms with Crippen LogP contribution in [-0.4, -0.2) is 59.3 Å². The lowest BCUT2D eigenvalue weighted by Gasteiger charge is -2.21. The molecule has 2 saturated heterocycles. The van der Waals surface area contributed by atoms with Crippen LogP contribution in [-0.2, 0) is 28.8 Å². The molecule has 6 N–H and O–H groups in total. The van der Waals surface area contributed by atoms with Gasteiger partial charge in [-0.3, -0.25) is 49.0 Å². The van der Waals surface area contributed by atoms with Crippen LogP contribution < -0.4 is 31.9 Å². The van der Waals surface area contributed by atoms with Crippen molar-refractivity contribution in [3.05, 3.63) is 59.7 Å². The molecule has 212 valence electrons. The molecule has 2 fully saturated rings. The minimum Gasteiger partial charge on any atom is -0.340 e. The number of benzene rings is 2. The highest BCUT2D eigenvalue weighted by Crippen LogP contribution is 2.15. The molecule has 2 aliphatic heterocycles. The van der Waals surface area contributed by atoms with Gasteiger partial charge in [-0.05, 0) is 49.2 Å². The van der Waals surface area contributed by atoms with Crippen LogP contribution >= 0.6 is 0 Å². The molecule has 0 radical (unpaired) electrons. The van der Waals surface area contributed by atoms with E-state index in [0.717, 1.165) is 0 Å². The Balaban J connectivity index is 1.28. The maximum atomic E-state index is 12.6. The molecule has 0 aromatic heterocycles. The monoisotopic (exact) mass is 562 g/mol. The van der Waals surface area contributed by atoms with Gasteiger partial charge in [0.2, 0.25) is 35.4 Å². The van der Waals surface area contributed by atoms with Crippen molar-refractivity contribution < 1.29 is 38.4 Å². The Morgan fingerprint density at radius 2 is 1.07 bits per heavy atom. The second kappa shape index (κ2) is 12.6. The van der Waals surface area contributed by atoms with Gasteiger partial charge in [0.25, 0.3) is 11.8 Å². The van der Waals surface area contributed by atoms with Gasteiger partial charge < -0.3 is 21.3 Å². The second-order valence-electron chi connectivity index (χ2n) is 9.39. The predicted molar refractivity (Wildman–Crippen MR) is 142 cm³/mol. The van der Waals surface area contributed by atoms with Gasteiger partial charge in [0.15, 0.2) is 0 Å². The van der Waals surface area contributed by atoms with Crippen LogP contribution in [0.25, 0.3) is 0 Å². The van der Waals surface area contributed by atoms with Gasteiger partial charge in [0.1, 0.15) is 18.5 Å². The summed E-state index contributed by atoms with van der Waals surface area (Å²) in [6.07, 6.45) is -0.00643. The Labute approximate surface area is 233 Å². The van der Waals surface area contributed by atoms with Crippen molar-refractivity contribution in [2.45, 2.75) is 44.2 Å². The van der Waals surface area contributed by atoms with E-state index in [-0.39, 0.29) is 48.2 Å². The van der Waals surface area contributed by atoms with E-state index in [0.29, 0.717) is 0 Å². The number of hydrogen-bond donors (Lipinski definition) is 6. The van der Waals surface area contributed by atoms with E-state index >= 15 is 0 Å². The van der Waals surface area contributed by atoms with E-state index in [4.69, 9.17) is 0 Å². The first kappa shape index (κ1) is 28.6. The van der Waals surface area contributed by atoms with Gasteiger partial charge in [-0.2, -0.15) is 0 Å². The fourth-order valence-corrected chi connectivity index (χ4v) is 4.18. The van der Waals surface area contributed by atoms with Crippen LogP contribution in [0, 0.1) is 0 Å². The van der Waals surface area contributed by atoms with Crippen molar-refractivity contribution in [1.82, 2.24) is 21.3 Å². The number of rotatable bonds is 8. The molecule has 2 unspecified atom stereocenters. The molecule has 0 spiro atoms. The van der Waals surface area contributed by atoms with Crippen molar-refractivity contribution in [3.8, 4) is 0 Å². The van der Waals surface area contributed by atoms with E-state index in [9.17, 15) is 38.4 Å². The van der Waals surface area contributed by atoms with Gasteiger partial charge in [0.05, 0.1) is 0 Å². The summed E-state index contributed by atoms with van der Waals surface area (Å²) in [6.45, 7) is 0. The number of amides is 8. The van der Waals surface area contributed by atoms with Crippen LogP contribution in [0.1, 0.15) is 52.8 Å². The average molecular weight is 563 g/mol. The summed E-state index contributed by atoms with van der Waals surface area (Å²) in [5, 5.41) is 14.4. The Kier molecular flexibility index (Phi) is 8.82. The van der Waals surface area contributed by atoms with Gasteiger partial charge in [-0.1, -0.05) is 12.1 Å². The summed E-state index contributed by atoms with van der Waals surface area (Å²) in [7, 11) is 0. The molecule has 14 heteroatoms. The van der Waals surface area contributed by atoms with Crippen LogP contribution in [0.15, 0.2) is 48.5 Å². The first-order valence-corrected chi connectivity index (χ1v) is 12.7. The molecule has 14 nitrogen and oxygen atoms in total. The van der Waals surface area contributed by atoms with Crippen LogP contribution in [0.4, 0.5) is 11.4 Å². The number of hydrogen-bond acceptors (Lipinski definition) is 8. The molecule has 2 aromatic carbocycles. The third-order valence-corrected chi connectivity index (χ3v) is 6.23. The number of carbonyl (C=O) groups excluding carboxylic acids is 8. The van der Waals surface area contributed by atoms with Gasteiger partial charge in [-0.15, -0.1) is 0 Å². The normalized spacial score (nSPS) is 18.4.